The molecule has 154 valence electrons. The van der Waals surface area contributed by atoms with E-state index in [0.29, 0.717) is 17.9 Å². The van der Waals surface area contributed by atoms with Gasteiger partial charge in [-0.25, -0.2) is 8.42 Å². The van der Waals surface area contributed by atoms with Crippen molar-refractivity contribution in [1.29, 1.82) is 0 Å². The summed E-state index contributed by atoms with van der Waals surface area (Å²) in [5, 5.41) is 4.85. The molecule has 1 aliphatic heterocycles. The molecule has 2 heterocycles. The van der Waals surface area contributed by atoms with E-state index in [1.807, 2.05) is 41.8 Å². The van der Waals surface area contributed by atoms with E-state index >= 15 is 0 Å². The summed E-state index contributed by atoms with van der Waals surface area (Å²) >= 11 is 1.58. The van der Waals surface area contributed by atoms with Crippen molar-refractivity contribution in [2.24, 2.45) is 0 Å². The van der Waals surface area contributed by atoms with E-state index < -0.39 is 9.84 Å². The fraction of sp³-hybridized carbons (Fsp3) is 0.174. The van der Waals surface area contributed by atoms with Gasteiger partial charge in [0.2, 0.25) is 5.91 Å². The van der Waals surface area contributed by atoms with E-state index in [2.05, 4.69) is 11.4 Å². The molecule has 1 aromatic heterocycles. The first-order chi connectivity index (χ1) is 14.4. The minimum absolute atomic E-state index is 0.109. The van der Waals surface area contributed by atoms with Gasteiger partial charge in [-0.3, -0.25) is 4.79 Å². The number of fused-ring (bicyclic) bond motifs is 1. The lowest BCUT2D eigenvalue weighted by Gasteiger charge is -2.10. The number of sulfone groups is 1. The van der Waals surface area contributed by atoms with E-state index in [9.17, 15) is 13.2 Å². The lowest BCUT2D eigenvalue weighted by atomic mass is 10.0. The standard InChI is InChI=1S/C23H21NO4S2/c1-30(26,27)21-8-4-16(5-9-21)17-6-10-22-18(13-17)14-19(28-22)15-24-23(25)11-7-20-3-2-12-29-20/h2-13,19H,14-15H2,1H3,(H,24,25)/b11-7+/t19-/m0/s1. The minimum Gasteiger partial charge on any atom is -0.488 e. The van der Waals surface area contributed by atoms with Crippen LogP contribution in [0, 0.1) is 0 Å². The number of hydrogen-bond acceptors (Lipinski definition) is 5. The largest absolute Gasteiger partial charge is 0.488 e. The molecule has 1 atom stereocenters. The van der Waals surface area contributed by atoms with Crippen LogP contribution in [-0.4, -0.2) is 33.2 Å². The molecule has 1 amide bonds. The number of hydrogen-bond donors (Lipinski definition) is 1. The van der Waals surface area contributed by atoms with Crippen LogP contribution in [0.1, 0.15) is 10.4 Å². The third-order valence-electron chi connectivity index (χ3n) is 4.86. The zero-order valence-electron chi connectivity index (χ0n) is 16.4. The van der Waals surface area contributed by atoms with Gasteiger partial charge >= 0.3 is 0 Å². The molecule has 30 heavy (non-hydrogen) atoms. The van der Waals surface area contributed by atoms with Gasteiger partial charge < -0.3 is 10.1 Å². The number of ether oxygens (including phenoxy) is 1. The van der Waals surface area contributed by atoms with Crippen LogP contribution in [0.4, 0.5) is 0 Å². The molecule has 0 spiro atoms. The Morgan fingerprint density at radius 2 is 1.93 bits per heavy atom. The van der Waals surface area contributed by atoms with Crippen LogP contribution in [0.5, 0.6) is 5.75 Å². The van der Waals surface area contributed by atoms with Gasteiger partial charge in [-0.1, -0.05) is 24.3 Å². The van der Waals surface area contributed by atoms with Crippen LogP contribution in [0.25, 0.3) is 17.2 Å². The van der Waals surface area contributed by atoms with Crippen LogP contribution in [0.2, 0.25) is 0 Å². The average molecular weight is 440 g/mol. The Morgan fingerprint density at radius 3 is 2.63 bits per heavy atom. The van der Waals surface area contributed by atoms with Crippen molar-refractivity contribution in [3.05, 3.63) is 76.5 Å². The van der Waals surface area contributed by atoms with E-state index in [4.69, 9.17) is 4.74 Å². The molecule has 0 aliphatic carbocycles. The monoisotopic (exact) mass is 439 g/mol. The Morgan fingerprint density at radius 1 is 1.17 bits per heavy atom. The third-order valence-corrected chi connectivity index (χ3v) is 6.83. The molecule has 0 saturated carbocycles. The van der Waals surface area contributed by atoms with Gasteiger partial charge in [0.25, 0.3) is 0 Å². The Balaban J connectivity index is 1.37. The number of benzene rings is 2. The molecule has 0 saturated heterocycles. The number of carbonyl (C=O) groups is 1. The molecular formula is C23H21NO4S2. The number of rotatable bonds is 6. The molecule has 4 rings (SSSR count). The van der Waals surface area contributed by atoms with Crippen LogP contribution < -0.4 is 10.1 Å². The summed E-state index contributed by atoms with van der Waals surface area (Å²) in [5.41, 5.74) is 3.02. The van der Waals surface area contributed by atoms with Crippen molar-refractivity contribution in [3.8, 4) is 16.9 Å². The quantitative estimate of drug-likeness (QED) is 0.591. The molecule has 7 heteroatoms. The molecule has 1 N–H and O–H groups in total. The molecular weight excluding hydrogens is 418 g/mol. The highest BCUT2D eigenvalue weighted by atomic mass is 32.2. The summed E-state index contributed by atoms with van der Waals surface area (Å²) in [6.45, 7) is 0.431. The Kier molecular flexibility index (Phi) is 5.74. The van der Waals surface area contributed by atoms with Crippen molar-refractivity contribution >= 4 is 33.2 Å². The van der Waals surface area contributed by atoms with Gasteiger partial charge in [0.15, 0.2) is 9.84 Å². The zero-order chi connectivity index (χ0) is 21.1. The minimum atomic E-state index is -3.21. The van der Waals surface area contributed by atoms with E-state index in [1.54, 1.807) is 29.5 Å². The second-order valence-electron chi connectivity index (χ2n) is 7.16. The highest BCUT2D eigenvalue weighted by Gasteiger charge is 2.23. The van der Waals surface area contributed by atoms with Crippen molar-refractivity contribution in [3.63, 3.8) is 0 Å². The fourth-order valence-corrected chi connectivity index (χ4v) is 4.57. The van der Waals surface area contributed by atoms with Gasteiger partial charge in [-0.15, -0.1) is 11.3 Å². The third kappa shape index (κ3) is 4.80. The predicted octanol–water partition coefficient (Wildman–Crippen LogP) is 3.95. The summed E-state index contributed by atoms with van der Waals surface area (Å²) in [6.07, 6.45) is 5.13. The Bertz CT molecular complexity index is 1180. The number of thiophene rings is 1. The predicted molar refractivity (Wildman–Crippen MR) is 119 cm³/mol. The second kappa shape index (κ2) is 8.45. The van der Waals surface area contributed by atoms with E-state index in [1.165, 1.54) is 12.3 Å². The molecule has 0 unspecified atom stereocenters. The molecule has 3 aromatic rings. The molecule has 1 aliphatic rings. The Hall–Kier alpha value is -2.90. The first-order valence-corrected chi connectivity index (χ1v) is 12.2. The highest BCUT2D eigenvalue weighted by molar-refractivity contribution is 7.90. The topological polar surface area (TPSA) is 72.5 Å². The normalized spacial score (nSPS) is 15.7. The van der Waals surface area contributed by atoms with Gasteiger partial charge in [0, 0.05) is 23.6 Å². The molecule has 5 nitrogen and oxygen atoms in total. The number of nitrogens with one attached hydrogen (secondary N) is 1. The number of amides is 1. The molecule has 0 radical (unpaired) electrons. The van der Waals surface area contributed by atoms with Gasteiger partial charge in [0.1, 0.15) is 11.9 Å². The summed E-state index contributed by atoms with van der Waals surface area (Å²) in [7, 11) is -3.21. The van der Waals surface area contributed by atoms with Gasteiger partial charge in [0.05, 0.1) is 11.4 Å². The van der Waals surface area contributed by atoms with Crippen LogP contribution >= 0.6 is 11.3 Å². The maximum atomic E-state index is 12.0. The molecule has 0 fully saturated rings. The SMILES string of the molecule is CS(=O)(=O)c1ccc(-c2ccc3c(c2)C[C@@H](CNC(=O)/C=C/c2cccs2)O3)cc1. The van der Waals surface area contributed by atoms with Crippen LogP contribution in [0.3, 0.4) is 0 Å². The fourth-order valence-electron chi connectivity index (χ4n) is 3.33. The smallest absolute Gasteiger partial charge is 0.244 e. The van der Waals surface area contributed by atoms with Gasteiger partial charge in [-0.05, 0) is 58.5 Å². The van der Waals surface area contributed by atoms with Crippen LogP contribution in [0.15, 0.2) is 70.9 Å². The van der Waals surface area contributed by atoms with Crippen LogP contribution in [-0.2, 0) is 21.1 Å². The number of carbonyl (C=O) groups excluding carboxylic acids is 1. The van der Waals surface area contributed by atoms with E-state index in [0.717, 1.165) is 27.3 Å². The molecule has 2 aromatic carbocycles. The van der Waals surface area contributed by atoms with Crippen molar-refractivity contribution in [1.82, 2.24) is 5.32 Å². The van der Waals surface area contributed by atoms with Crippen molar-refractivity contribution in [2.75, 3.05) is 12.8 Å². The summed E-state index contributed by atoms with van der Waals surface area (Å²) in [6, 6.07) is 16.7. The maximum Gasteiger partial charge on any atom is 0.244 e. The first-order valence-electron chi connectivity index (χ1n) is 9.48. The first kappa shape index (κ1) is 20.4. The average Bonchev–Trinajstić information content (AvgIpc) is 3.39. The van der Waals surface area contributed by atoms with E-state index in [-0.39, 0.29) is 12.0 Å². The summed E-state index contributed by atoms with van der Waals surface area (Å²) < 4.78 is 29.2. The zero-order valence-corrected chi connectivity index (χ0v) is 18.0. The Labute approximate surface area is 179 Å². The maximum absolute atomic E-state index is 12.0. The van der Waals surface area contributed by atoms with Gasteiger partial charge in [-0.2, -0.15) is 0 Å². The summed E-state index contributed by atoms with van der Waals surface area (Å²) in [4.78, 5) is 13.4. The van der Waals surface area contributed by atoms with Crippen molar-refractivity contribution in [2.45, 2.75) is 17.4 Å². The lowest BCUT2D eigenvalue weighted by Crippen LogP contribution is -2.33. The molecule has 0 bridgehead atoms. The van der Waals surface area contributed by atoms with Crippen molar-refractivity contribution < 1.29 is 17.9 Å². The lowest BCUT2D eigenvalue weighted by molar-refractivity contribution is -0.116. The summed E-state index contributed by atoms with van der Waals surface area (Å²) in [5.74, 6) is 0.675. The second-order valence-corrected chi connectivity index (χ2v) is 10.2. The highest BCUT2D eigenvalue weighted by Crippen LogP contribution is 2.33.